The lowest BCUT2D eigenvalue weighted by Gasteiger charge is -2.18. The standard InChI is InChI=1S/C64H124O6/c1-6-7-8-9-10-11-12-13-14-15-19-22-25-28-34-39-44-49-54-62(65)68-57-61(70-64(67)56-51-46-41-36-31-30-33-38-43-48-53-60(4)5)58-69-63(66)55-50-45-40-35-29-26-23-20-17-16-18-21-24-27-32-37-42-47-52-59(2)3/h59-61H,6-58H2,1-5H3/t61-/m0/s1. The van der Waals surface area contributed by atoms with Gasteiger partial charge in [-0.05, 0) is 31.1 Å². The second-order valence-corrected chi connectivity index (χ2v) is 23.0. The van der Waals surface area contributed by atoms with E-state index in [1.54, 1.807) is 0 Å². The van der Waals surface area contributed by atoms with Gasteiger partial charge >= 0.3 is 17.9 Å². The van der Waals surface area contributed by atoms with Crippen LogP contribution in [0.5, 0.6) is 0 Å². The van der Waals surface area contributed by atoms with E-state index in [2.05, 4.69) is 34.6 Å². The van der Waals surface area contributed by atoms with Crippen LogP contribution in [0, 0.1) is 11.8 Å². The molecule has 0 aliphatic heterocycles. The molecular weight excluding hydrogens is 865 g/mol. The van der Waals surface area contributed by atoms with Crippen LogP contribution in [-0.4, -0.2) is 37.2 Å². The van der Waals surface area contributed by atoms with Crippen LogP contribution in [0.3, 0.4) is 0 Å². The molecule has 0 unspecified atom stereocenters. The van der Waals surface area contributed by atoms with Crippen LogP contribution >= 0.6 is 0 Å². The van der Waals surface area contributed by atoms with Crippen LogP contribution < -0.4 is 0 Å². The molecule has 6 nitrogen and oxygen atoms in total. The van der Waals surface area contributed by atoms with Gasteiger partial charge in [0.15, 0.2) is 6.10 Å². The smallest absolute Gasteiger partial charge is 0.306 e. The summed E-state index contributed by atoms with van der Waals surface area (Å²) in [4.78, 5) is 38.3. The number of unbranched alkanes of at least 4 members (excludes halogenated alkanes) is 43. The van der Waals surface area contributed by atoms with Crippen molar-refractivity contribution in [3.8, 4) is 0 Å². The molecule has 1 atom stereocenters. The van der Waals surface area contributed by atoms with Gasteiger partial charge in [0.05, 0.1) is 0 Å². The average Bonchev–Trinajstić information content (AvgIpc) is 3.33. The minimum Gasteiger partial charge on any atom is -0.462 e. The largest absolute Gasteiger partial charge is 0.462 e. The van der Waals surface area contributed by atoms with Gasteiger partial charge in [0.2, 0.25) is 0 Å². The average molecular weight is 990 g/mol. The summed E-state index contributed by atoms with van der Waals surface area (Å²) in [6.45, 7) is 11.4. The van der Waals surface area contributed by atoms with Crippen molar-refractivity contribution in [3.05, 3.63) is 0 Å². The van der Waals surface area contributed by atoms with Crippen LogP contribution in [0.25, 0.3) is 0 Å². The first-order chi connectivity index (χ1) is 34.2. The maximum atomic E-state index is 12.9. The molecule has 416 valence electrons. The van der Waals surface area contributed by atoms with E-state index in [0.29, 0.717) is 19.3 Å². The molecule has 0 aliphatic rings. The van der Waals surface area contributed by atoms with E-state index < -0.39 is 6.10 Å². The van der Waals surface area contributed by atoms with Crippen molar-refractivity contribution >= 4 is 17.9 Å². The van der Waals surface area contributed by atoms with Gasteiger partial charge in [-0.2, -0.15) is 0 Å². The van der Waals surface area contributed by atoms with E-state index in [1.165, 1.54) is 250 Å². The van der Waals surface area contributed by atoms with Crippen LogP contribution in [-0.2, 0) is 28.6 Å². The van der Waals surface area contributed by atoms with Crippen molar-refractivity contribution in [1.82, 2.24) is 0 Å². The summed E-state index contributed by atoms with van der Waals surface area (Å²) in [5.41, 5.74) is 0. The lowest BCUT2D eigenvalue weighted by Crippen LogP contribution is -2.30. The molecule has 0 spiro atoms. The fraction of sp³-hybridized carbons (Fsp3) is 0.953. The third-order valence-electron chi connectivity index (χ3n) is 14.7. The molecule has 70 heavy (non-hydrogen) atoms. The van der Waals surface area contributed by atoms with Gasteiger partial charge in [0.1, 0.15) is 13.2 Å². The highest BCUT2D eigenvalue weighted by Gasteiger charge is 2.19. The quantitative estimate of drug-likeness (QED) is 0.0343. The Morgan fingerprint density at radius 2 is 0.471 bits per heavy atom. The Morgan fingerprint density at radius 1 is 0.271 bits per heavy atom. The number of rotatable bonds is 58. The number of carbonyl (C=O) groups is 3. The Balaban J connectivity index is 4.23. The Labute approximate surface area is 438 Å². The van der Waals surface area contributed by atoms with Crippen LogP contribution in [0.4, 0.5) is 0 Å². The summed E-state index contributed by atoms with van der Waals surface area (Å²) >= 11 is 0. The molecule has 0 aliphatic carbocycles. The molecule has 0 amide bonds. The highest BCUT2D eigenvalue weighted by molar-refractivity contribution is 5.71. The second kappa shape index (κ2) is 56.7. The van der Waals surface area contributed by atoms with E-state index in [9.17, 15) is 14.4 Å². The molecule has 0 bridgehead atoms. The predicted octanol–water partition coefficient (Wildman–Crippen LogP) is 21.2. The Morgan fingerprint density at radius 3 is 0.700 bits per heavy atom. The lowest BCUT2D eigenvalue weighted by atomic mass is 10.0. The summed E-state index contributed by atoms with van der Waals surface area (Å²) in [6.07, 6.45) is 62.5. The second-order valence-electron chi connectivity index (χ2n) is 23.0. The van der Waals surface area contributed by atoms with Crippen LogP contribution in [0.15, 0.2) is 0 Å². The first kappa shape index (κ1) is 68.4. The zero-order valence-corrected chi connectivity index (χ0v) is 48.2. The summed E-state index contributed by atoms with van der Waals surface area (Å²) in [5, 5.41) is 0. The van der Waals surface area contributed by atoms with Gasteiger partial charge in [0.25, 0.3) is 0 Å². The Bertz CT molecular complexity index is 1070. The minimum atomic E-state index is -0.764. The van der Waals surface area contributed by atoms with Gasteiger partial charge in [0, 0.05) is 19.3 Å². The molecule has 0 heterocycles. The molecule has 0 aromatic carbocycles. The lowest BCUT2D eigenvalue weighted by molar-refractivity contribution is -0.167. The molecule has 0 saturated heterocycles. The number of ether oxygens (including phenoxy) is 3. The van der Waals surface area contributed by atoms with Gasteiger partial charge < -0.3 is 14.2 Å². The molecule has 0 rings (SSSR count). The molecule has 0 fully saturated rings. The van der Waals surface area contributed by atoms with E-state index in [0.717, 1.165) is 69.6 Å². The molecular formula is C64H124O6. The summed E-state index contributed by atoms with van der Waals surface area (Å²) in [5.74, 6) is 0.841. The number of hydrogen-bond acceptors (Lipinski definition) is 6. The maximum Gasteiger partial charge on any atom is 0.306 e. The molecule has 6 heteroatoms. The zero-order valence-electron chi connectivity index (χ0n) is 48.2. The van der Waals surface area contributed by atoms with Gasteiger partial charge in [-0.15, -0.1) is 0 Å². The molecule has 0 radical (unpaired) electrons. The third-order valence-corrected chi connectivity index (χ3v) is 14.7. The maximum absolute atomic E-state index is 12.9. The minimum absolute atomic E-state index is 0.0623. The molecule has 0 aromatic heterocycles. The van der Waals surface area contributed by atoms with Crippen LogP contribution in [0.1, 0.15) is 362 Å². The Kier molecular flexibility index (Phi) is 55.4. The van der Waals surface area contributed by atoms with Crippen molar-refractivity contribution in [2.45, 2.75) is 368 Å². The van der Waals surface area contributed by atoms with Gasteiger partial charge in [-0.1, -0.05) is 324 Å². The van der Waals surface area contributed by atoms with E-state index in [-0.39, 0.29) is 31.1 Å². The van der Waals surface area contributed by atoms with Crippen molar-refractivity contribution in [2.24, 2.45) is 11.8 Å². The van der Waals surface area contributed by atoms with Crippen molar-refractivity contribution in [1.29, 1.82) is 0 Å². The first-order valence-corrected chi connectivity index (χ1v) is 31.7. The SMILES string of the molecule is CCCCCCCCCCCCCCCCCCCCC(=O)OC[C@@H](COC(=O)CCCCCCCCCCCCCCCCCCCCC(C)C)OC(=O)CCCCCCCCCCCCC(C)C. The molecule has 0 N–H and O–H groups in total. The molecule has 0 saturated carbocycles. The monoisotopic (exact) mass is 989 g/mol. The fourth-order valence-corrected chi connectivity index (χ4v) is 9.93. The van der Waals surface area contributed by atoms with E-state index in [1.807, 2.05) is 0 Å². The van der Waals surface area contributed by atoms with Gasteiger partial charge in [-0.3, -0.25) is 14.4 Å². The highest BCUT2D eigenvalue weighted by atomic mass is 16.6. The number of esters is 3. The zero-order chi connectivity index (χ0) is 51.1. The first-order valence-electron chi connectivity index (χ1n) is 31.7. The summed E-state index contributed by atoms with van der Waals surface area (Å²) < 4.78 is 16.9. The van der Waals surface area contributed by atoms with Crippen molar-refractivity contribution in [2.75, 3.05) is 13.2 Å². The van der Waals surface area contributed by atoms with E-state index in [4.69, 9.17) is 14.2 Å². The van der Waals surface area contributed by atoms with Crippen molar-refractivity contribution < 1.29 is 28.6 Å². The van der Waals surface area contributed by atoms with E-state index >= 15 is 0 Å². The third kappa shape index (κ3) is 57.3. The number of carbonyl (C=O) groups excluding carboxylic acids is 3. The summed E-state index contributed by atoms with van der Waals surface area (Å²) in [7, 11) is 0. The van der Waals surface area contributed by atoms with Crippen LogP contribution in [0.2, 0.25) is 0 Å². The number of hydrogen-bond donors (Lipinski definition) is 0. The Hall–Kier alpha value is -1.59. The fourth-order valence-electron chi connectivity index (χ4n) is 9.93. The highest BCUT2D eigenvalue weighted by Crippen LogP contribution is 2.19. The predicted molar refractivity (Wildman–Crippen MR) is 303 cm³/mol. The summed E-state index contributed by atoms with van der Waals surface area (Å²) in [6, 6.07) is 0. The normalized spacial score (nSPS) is 12.0. The van der Waals surface area contributed by atoms with Gasteiger partial charge in [-0.25, -0.2) is 0 Å². The molecule has 0 aromatic rings. The topological polar surface area (TPSA) is 78.9 Å². The van der Waals surface area contributed by atoms with Crippen molar-refractivity contribution in [3.63, 3.8) is 0 Å².